The molecule has 0 aliphatic heterocycles. The van der Waals surface area contributed by atoms with Gasteiger partial charge in [0.25, 0.3) is 0 Å². The van der Waals surface area contributed by atoms with Crippen LogP contribution in [0.4, 0.5) is 0 Å². The number of nitrogens with zero attached hydrogens (tertiary/aromatic N) is 5. The molecule has 3 aromatic rings. The molecule has 0 saturated carbocycles. The molecule has 3 aromatic heterocycles. The molecule has 3 rings (SSSR count). The van der Waals surface area contributed by atoms with E-state index in [1.807, 2.05) is 44.4 Å². The lowest BCUT2D eigenvalue weighted by atomic mass is 10.2. The SMILES string of the molecule is CN(C)/N=C/c1cccc(-c2sc(-c3cccnc3)nc2CO)n1. The summed E-state index contributed by atoms with van der Waals surface area (Å²) in [6, 6.07) is 9.53. The molecule has 1 N–H and O–H groups in total. The number of rotatable bonds is 5. The van der Waals surface area contributed by atoms with E-state index in [0.717, 1.165) is 26.8 Å². The molecule has 0 aromatic carbocycles. The maximum Gasteiger partial charge on any atom is 0.125 e. The van der Waals surface area contributed by atoms with Crippen molar-refractivity contribution < 1.29 is 5.11 Å². The highest BCUT2D eigenvalue weighted by atomic mass is 32.1. The van der Waals surface area contributed by atoms with Crippen molar-refractivity contribution in [3.05, 3.63) is 54.1 Å². The molecule has 0 bridgehead atoms. The van der Waals surface area contributed by atoms with Gasteiger partial charge in [-0.3, -0.25) is 4.98 Å². The van der Waals surface area contributed by atoms with E-state index in [1.54, 1.807) is 23.6 Å². The molecule has 6 nitrogen and oxygen atoms in total. The fourth-order valence-electron chi connectivity index (χ4n) is 2.10. The zero-order valence-corrected chi connectivity index (χ0v) is 14.2. The lowest BCUT2D eigenvalue weighted by molar-refractivity contribution is 0.278. The molecule has 0 unspecified atom stereocenters. The van der Waals surface area contributed by atoms with Gasteiger partial charge in [-0.25, -0.2) is 9.97 Å². The predicted molar refractivity (Wildman–Crippen MR) is 95.8 cm³/mol. The smallest absolute Gasteiger partial charge is 0.125 e. The molecule has 0 aliphatic carbocycles. The topological polar surface area (TPSA) is 74.5 Å². The molecular weight excluding hydrogens is 322 g/mol. The average Bonchev–Trinajstić information content (AvgIpc) is 3.05. The number of hydrazone groups is 1. The van der Waals surface area contributed by atoms with Gasteiger partial charge in [0.05, 0.1) is 34.8 Å². The van der Waals surface area contributed by atoms with E-state index >= 15 is 0 Å². The number of aliphatic hydroxyl groups excluding tert-OH is 1. The molecule has 0 radical (unpaired) electrons. The summed E-state index contributed by atoms with van der Waals surface area (Å²) in [5, 5.41) is 16.4. The highest BCUT2D eigenvalue weighted by molar-refractivity contribution is 7.18. The van der Waals surface area contributed by atoms with Crippen molar-refractivity contribution in [2.24, 2.45) is 5.10 Å². The second kappa shape index (κ2) is 7.29. The van der Waals surface area contributed by atoms with E-state index in [-0.39, 0.29) is 6.61 Å². The lowest BCUT2D eigenvalue weighted by Crippen LogP contribution is -2.02. The summed E-state index contributed by atoms with van der Waals surface area (Å²) in [6.45, 7) is -0.135. The molecule has 24 heavy (non-hydrogen) atoms. The molecule has 0 saturated heterocycles. The number of hydrogen-bond acceptors (Lipinski definition) is 7. The molecular formula is C17H17N5OS. The molecule has 7 heteroatoms. The van der Waals surface area contributed by atoms with Crippen LogP contribution in [0.25, 0.3) is 21.1 Å². The summed E-state index contributed by atoms with van der Waals surface area (Å²) in [5.41, 5.74) is 3.07. The first-order valence-corrected chi connectivity index (χ1v) is 8.18. The Labute approximate surface area is 144 Å². The van der Waals surface area contributed by atoms with Crippen LogP contribution >= 0.6 is 11.3 Å². The normalized spacial score (nSPS) is 11.1. The third-order valence-corrected chi connectivity index (χ3v) is 4.35. The first-order chi connectivity index (χ1) is 11.7. The van der Waals surface area contributed by atoms with E-state index in [0.29, 0.717) is 5.69 Å². The maximum absolute atomic E-state index is 9.65. The van der Waals surface area contributed by atoms with Crippen LogP contribution in [0, 0.1) is 0 Å². The van der Waals surface area contributed by atoms with Crippen LogP contribution in [-0.4, -0.2) is 45.4 Å². The average molecular weight is 339 g/mol. The highest BCUT2D eigenvalue weighted by Gasteiger charge is 2.15. The van der Waals surface area contributed by atoms with Crippen molar-refractivity contribution >= 4 is 17.6 Å². The van der Waals surface area contributed by atoms with Crippen molar-refractivity contribution in [3.63, 3.8) is 0 Å². The first kappa shape index (κ1) is 16.2. The van der Waals surface area contributed by atoms with Crippen LogP contribution < -0.4 is 0 Å². The quantitative estimate of drug-likeness (QED) is 0.571. The van der Waals surface area contributed by atoms with Gasteiger partial charge in [-0.2, -0.15) is 5.10 Å². The Morgan fingerprint density at radius 2 is 2.08 bits per heavy atom. The number of aliphatic hydroxyl groups is 1. The Bertz CT molecular complexity index is 845. The van der Waals surface area contributed by atoms with Gasteiger partial charge >= 0.3 is 0 Å². The van der Waals surface area contributed by atoms with Crippen LogP contribution in [0.2, 0.25) is 0 Å². The van der Waals surface area contributed by atoms with Gasteiger partial charge < -0.3 is 10.1 Å². The lowest BCUT2D eigenvalue weighted by Gasteiger charge is -2.03. The van der Waals surface area contributed by atoms with Gasteiger partial charge in [-0.15, -0.1) is 11.3 Å². The monoisotopic (exact) mass is 339 g/mol. The van der Waals surface area contributed by atoms with Crippen LogP contribution in [0.3, 0.4) is 0 Å². The summed E-state index contributed by atoms with van der Waals surface area (Å²) < 4.78 is 0. The number of aromatic nitrogens is 3. The standard InChI is InChI=1S/C17H17N5OS/c1-22(2)19-10-13-6-3-7-14(20-13)16-15(11-23)21-17(24-16)12-5-4-8-18-9-12/h3-10,23H,11H2,1-2H3/b19-10+. The second-order valence-corrected chi connectivity index (χ2v) is 6.23. The Morgan fingerprint density at radius 1 is 1.21 bits per heavy atom. The van der Waals surface area contributed by atoms with Gasteiger partial charge in [0.1, 0.15) is 5.01 Å². The molecule has 0 spiro atoms. The second-order valence-electron chi connectivity index (χ2n) is 5.23. The number of hydrogen-bond donors (Lipinski definition) is 1. The van der Waals surface area contributed by atoms with Crippen molar-refractivity contribution in [2.45, 2.75) is 6.61 Å². The van der Waals surface area contributed by atoms with Gasteiger partial charge in [0, 0.05) is 32.1 Å². The highest BCUT2D eigenvalue weighted by Crippen LogP contribution is 2.34. The molecule has 0 amide bonds. The van der Waals surface area contributed by atoms with Crippen LogP contribution in [-0.2, 0) is 6.61 Å². The minimum atomic E-state index is -0.135. The minimum Gasteiger partial charge on any atom is -0.390 e. The number of pyridine rings is 2. The van der Waals surface area contributed by atoms with E-state index < -0.39 is 0 Å². The van der Waals surface area contributed by atoms with Crippen molar-refractivity contribution in [2.75, 3.05) is 14.1 Å². The predicted octanol–water partition coefficient (Wildman–Crippen LogP) is 2.65. The van der Waals surface area contributed by atoms with Crippen LogP contribution in [0.5, 0.6) is 0 Å². The Hall–Kier alpha value is -2.64. The van der Waals surface area contributed by atoms with Crippen molar-refractivity contribution in [3.8, 4) is 21.1 Å². The van der Waals surface area contributed by atoms with Gasteiger partial charge in [-0.1, -0.05) is 6.07 Å². The van der Waals surface area contributed by atoms with E-state index in [2.05, 4.69) is 20.1 Å². The zero-order chi connectivity index (χ0) is 16.9. The first-order valence-electron chi connectivity index (χ1n) is 7.37. The largest absolute Gasteiger partial charge is 0.390 e. The van der Waals surface area contributed by atoms with Gasteiger partial charge in [0.2, 0.25) is 0 Å². The van der Waals surface area contributed by atoms with E-state index in [4.69, 9.17) is 0 Å². The van der Waals surface area contributed by atoms with Gasteiger partial charge in [0.15, 0.2) is 0 Å². The third kappa shape index (κ3) is 3.64. The Balaban J connectivity index is 2.00. The fourth-order valence-corrected chi connectivity index (χ4v) is 3.13. The number of thiazole rings is 1. The van der Waals surface area contributed by atoms with Crippen molar-refractivity contribution in [1.29, 1.82) is 0 Å². The summed E-state index contributed by atoms with van der Waals surface area (Å²) >= 11 is 1.49. The molecule has 3 heterocycles. The Morgan fingerprint density at radius 3 is 2.79 bits per heavy atom. The summed E-state index contributed by atoms with van der Waals surface area (Å²) in [7, 11) is 3.71. The molecule has 0 atom stereocenters. The Kier molecular flexibility index (Phi) is 4.93. The summed E-state index contributed by atoms with van der Waals surface area (Å²) in [5.74, 6) is 0. The fraction of sp³-hybridized carbons (Fsp3) is 0.176. The third-order valence-electron chi connectivity index (χ3n) is 3.18. The van der Waals surface area contributed by atoms with E-state index in [9.17, 15) is 5.11 Å². The van der Waals surface area contributed by atoms with Gasteiger partial charge in [-0.05, 0) is 24.3 Å². The molecule has 122 valence electrons. The van der Waals surface area contributed by atoms with Crippen LogP contribution in [0.1, 0.15) is 11.4 Å². The molecule has 0 fully saturated rings. The molecule has 0 aliphatic rings. The minimum absolute atomic E-state index is 0.135. The maximum atomic E-state index is 9.65. The van der Waals surface area contributed by atoms with Crippen LogP contribution in [0.15, 0.2) is 47.8 Å². The zero-order valence-electron chi connectivity index (χ0n) is 13.4. The summed E-state index contributed by atoms with van der Waals surface area (Å²) in [6.07, 6.45) is 5.18. The van der Waals surface area contributed by atoms with Crippen molar-refractivity contribution in [1.82, 2.24) is 20.0 Å². The van der Waals surface area contributed by atoms with E-state index in [1.165, 1.54) is 11.3 Å². The summed E-state index contributed by atoms with van der Waals surface area (Å²) in [4.78, 5) is 14.1.